The molecule has 0 amide bonds. The summed E-state index contributed by atoms with van der Waals surface area (Å²) in [4.78, 5) is 4.08. The van der Waals surface area contributed by atoms with Gasteiger partial charge in [0.15, 0.2) is 0 Å². The smallest absolute Gasteiger partial charge is 0.0833 e. The van der Waals surface area contributed by atoms with Crippen molar-refractivity contribution in [2.45, 2.75) is 32.5 Å². The molecule has 2 heterocycles. The number of hydrogen-bond acceptors (Lipinski definition) is 2. The summed E-state index contributed by atoms with van der Waals surface area (Å²) in [6.45, 7) is 2.94. The standard InChI is InChI=1S/C16H17NO/c1-2-4-16-14-6-3-5-13(15(14)11-18-16)12-7-9-17-10-8-12/h3,5-10,16H,2,4,11H2,1H3. The Morgan fingerprint density at radius 3 is 2.83 bits per heavy atom. The molecular weight excluding hydrogens is 222 g/mol. The molecule has 2 aromatic rings. The molecule has 0 saturated heterocycles. The van der Waals surface area contributed by atoms with Crippen LogP contribution in [0.4, 0.5) is 0 Å². The largest absolute Gasteiger partial charge is 0.369 e. The van der Waals surface area contributed by atoms with E-state index in [2.05, 4.69) is 42.2 Å². The number of nitrogens with zero attached hydrogens (tertiary/aromatic N) is 1. The molecule has 1 aliphatic heterocycles. The highest BCUT2D eigenvalue weighted by Gasteiger charge is 2.24. The van der Waals surface area contributed by atoms with Gasteiger partial charge in [-0.25, -0.2) is 0 Å². The minimum absolute atomic E-state index is 0.284. The van der Waals surface area contributed by atoms with Gasteiger partial charge in [0.25, 0.3) is 0 Å². The molecule has 0 saturated carbocycles. The maximum absolute atomic E-state index is 5.91. The highest BCUT2D eigenvalue weighted by atomic mass is 16.5. The fraction of sp³-hybridized carbons (Fsp3) is 0.312. The SMILES string of the molecule is CCCC1OCc2c(-c3ccncc3)cccc21. The lowest BCUT2D eigenvalue weighted by Gasteiger charge is -2.10. The third-order valence-electron chi connectivity index (χ3n) is 3.53. The molecular formula is C16H17NO. The second-order valence-corrected chi connectivity index (χ2v) is 4.70. The molecule has 1 aromatic heterocycles. The van der Waals surface area contributed by atoms with Crippen molar-refractivity contribution in [1.29, 1.82) is 0 Å². The van der Waals surface area contributed by atoms with Crippen molar-refractivity contribution in [3.63, 3.8) is 0 Å². The Morgan fingerprint density at radius 2 is 2.06 bits per heavy atom. The summed E-state index contributed by atoms with van der Waals surface area (Å²) < 4.78 is 5.91. The molecule has 3 rings (SSSR count). The number of benzene rings is 1. The van der Waals surface area contributed by atoms with Crippen LogP contribution in [0.25, 0.3) is 11.1 Å². The van der Waals surface area contributed by atoms with Gasteiger partial charge in [0.1, 0.15) is 0 Å². The zero-order valence-corrected chi connectivity index (χ0v) is 10.6. The summed E-state index contributed by atoms with van der Waals surface area (Å²) in [5.41, 5.74) is 5.23. The van der Waals surface area contributed by atoms with E-state index >= 15 is 0 Å². The van der Waals surface area contributed by atoms with E-state index in [1.807, 2.05) is 12.4 Å². The van der Waals surface area contributed by atoms with Crippen LogP contribution in [-0.4, -0.2) is 4.98 Å². The molecule has 1 aliphatic rings. The maximum Gasteiger partial charge on any atom is 0.0833 e. The molecule has 0 aliphatic carbocycles. The van der Waals surface area contributed by atoms with Gasteiger partial charge in [-0.15, -0.1) is 0 Å². The van der Waals surface area contributed by atoms with Gasteiger partial charge in [0.05, 0.1) is 12.7 Å². The summed E-state index contributed by atoms with van der Waals surface area (Å²) in [7, 11) is 0. The average Bonchev–Trinajstić information content (AvgIpc) is 2.84. The Kier molecular flexibility index (Phi) is 3.11. The quantitative estimate of drug-likeness (QED) is 0.803. The summed E-state index contributed by atoms with van der Waals surface area (Å²) in [5.74, 6) is 0. The van der Waals surface area contributed by atoms with Crippen molar-refractivity contribution in [3.8, 4) is 11.1 Å². The topological polar surface area (TPSA) is 22.1 Å². The molecule has 1 unspecified atom stereocenters. The van der Waals surface area contributed by atoms with Crippen molar-refractivity contribution >= 4 is 0 Å². The predicted octanol–water partition coefficient (Wildman–Crippen LogP) is 4.12. The molecule has 18 heavy (non-hydrogen) atoms. The Bertz CT molecular complexity index is 536. The molecule has 0 N–H and O–H groups in total. The van der Waals surface area contributed by atoms with Gasteiger partial charge in [0, 0.05) is 12.4 Å². The van der Waals surface area contributed by atoms with Crippen LogP contribution in [0.15, 0.2) is 42.7 Å². The molecule has 2 heteroatoms. The van der Waals surface area contributed by atoms with E-state index in [9.17, 15) is 0 Å². The fourth-order valence-electron chi connectivity index (χ4n) is 2.64. The maximum atomic E-state index is 5.91. The zero-order chi connectivity index (χ0) is 12.4. The first kappa shape index (κ1) is 11.4. The lowest BCUT2D eigenvalue weighted by Crippen LogP contribution is -1.94. The predicted molar refractivity (Wildman–Crippen MR) is 72.1 cm³/mol. The number of fused-ring (bicyclic) bond motifs is 1. The molecule has 0 radical (unpaired) electrons. The molecule has 2 nitrogen and oxygen atoms in total. The van der Waals surface area contributed by atoms with Crippen LogP contribution in [0.2, 0.25) is 0 Å². The molecule has 0 spiro atoms. The van der Waals surface area contributed by atoms with E-state index in [0.29, 0.717) is 0 Å². The van der Waals surface area contributed by atoms with E-state index in [1.54, 1.807) is 0 Å². The summed E-state index contributed by atoms with van der Waals surface area (Å²) in [6.07, 6.45) is 6.23. The first-order chi connectivity index (χ1) is 8.90. The number of hydrogen-bond donors (Lipinski definition) is 0. The van der Waals surface area contributed by atoms with E-state index in [-0.39, 0.29) is 6.10 Å². The fourth-order valence-corrected chi connectivity index (χ4v) is 2.64. The number of aromatic nitrogens is 1. The third kappa shape index (κ3) is 1.93. The second-order valence-electron chi connectivity index (χ2n) is 4.70. The molecule has 92 valence electrons. The number of rotatable bonds is 3. The van der Waals surface area contributed by atoms with Crippen LogP contribution in [0, 0.1) is 0 Å². The van der Waals surface area contributed by atoms with E-state index in [4.69, 9.17) is 4.74 Å². The Labute approximate surface area is 108 Å². The van der Waals surface area contributed by atoms with Crippen LogP contribution < -0.4 is 0 Å². The van der Waals surface area contributed by atoms with Gasteiger partial charge < -0.3 is 4.74 Å². The lowest BCUT2D eigenvalue weighted by molar-refractivity contribution is 0.0597. The normalized spacial score (nSPS) is 17.7. The highest BCUT2D eigenvalue weighted by molar-refractivity contribution is 5.69. The van der Waals surface area contributed by atoms with Gasteiger partial charge in [-0.1, -0.05) is 31.5 Å². The van der Waals surface area contributed by atoms with Crippen molar-refractivity contribution in [1.82, 2.24) is 4.98 Å². The Hall–Kier alpha value is -1.67. The van der Waals surface area contributed by atoms with Gasteiger partial charge in [-0.2, -0.15) is 0 Å². The lowest BCUT2D eigenvalue weighted by atomic mass is 9.94. The zero-order valence-electron chi connectivity index (χ0n) is 10.6. The Balaban J connectivity index is 2.04. The van der Waals surface area contributed by atoms with Gasteiger partial charge in [-0.3, -0.25) is 4.98 Å². The molecule has 1 atom stereocenters. The average molecular weight is 239 g/mol. The minimum Gasteiger partial charge on any atom is -0.369 e. The number of ether oxygens (including phenoxy) is 1. The number of pyridine rings is 1. The molecule has 0 bridgehead atoms. The summed E-state index contributed by atoms with van der Waals surface area (Å²) in [5, 5.41) is 0. The van der Waals surface area contributed by atoms with Crippen LogP contribution in [-0.2, 0) is 11.3 Å². The van der Waals surface area contributed by atoms with Crippen LogP contribution in [0.3, 0.4) is 0 Å². The van der Waals surface area contributed by atoms with Gasteiger partial charge in [0.2, 0.25) is 0 Å². The first-order valence-electron chi connectivity index (χ1n) is 6.54. The van der Waals surface area contributed by atoms with E-state index in [0.717, 1.165) is 19.4 Å². The minimum atomic E-state index is 0.284. The molecule has 1 aromatic carbocycles. The molecule has 0 fully saturated rings. The summed E-state index contributed by atoms with van der Waals surface area (Å²) in [6, 6.07) is 10.6. The third-order valence-corrected chi connectivity index (χ3v) is 3.53. The van der Waals surface area contributed by atoms with Gasteiger partial charge in [-0.05, 0) is 40.8 Å². The van der Waals surface area contributed by atoms with Crippen LogP contribution >= 0.6 is 0 Å². The monoisotopic (exact) mass is 239 g/mol. The van der Waals surface area contributed by atoms with Crippen LogP contribution in [0.1, 0.15) is 37.0 Å². The highest BCUT2D eigenvalue weighted by Crippen LogP contribution is 2.38. The summed E-state index contributed by atoms with van der Waals surface area (Å²) >= 11 is 0. The Morgan fingerprint density at radius 1 is 1.22 bits per heavy atom. The van der Waals surface area contributed by atoms with E-state index < -0.39 is 0 Å². The van der Waals surface area contributed by atoms with Crippen molar-refractivity contribution in [2.24, 2.45) is 0 Å². The van der Waals surface area contributed by atoms with Gasteiger partial charge >= 0.3 is 0 Å². The van der Waals surface area contributed by atoms with Crippen molar-refractivity contribution in [3.05, 3.63) is 53.9 Å². The van der Waals surface area contributed by atoms with E-state index in [1.165, 1.54) is 22.3 Å². The second kappa shape index (κ2) is 4.91. The first-order valence-corrected chi connectivity index (χ1v) is 6.54. The van der Waals surface area contributed by atoms with Crippen LogP contribution in [0.5, 0.6) is 0 Å². The van der Waals surface area contributed by atoms with Crippen molar-refractivity contribution in [2.75, 3.05) is 0 Å². The van der Waals surface area contributed by atoms with Crippen molar-refractivity contribution < 1.29 is 4.74 Å².